The summed E-state index contributed by atoms with van der Waals surface area (Å²) < 4.78 is 0. The molecule has 0 aromatic rings. The van der Waals surface area contributed by atoms with Crippen LogP contribution in [0.15, 0.2) is 0 Å². The molecule has 2 aliphatic rings. The lowest BCUT2D eigenvalue weighted by atomic mass is 9.94. The van der Waals surface area contributed by atoms with E-state index < -0.39 is 0 Å². The average molecular weight is 267 g/mol. The Labute approximate surface area is 117 Å². The quantitative estimate of drug-likeness (QED) is 0.714. The molecule has 110 valence electrons. The fourth-order valence-electron chi connectivity index (χ4n) is 3.21. The van der Waals surface area contributed by atoms with Crippen molar-refractivity contribution in [3.05, 3.63) is 0 Å². The number of hydrogen-bond acceptors (Lipinski definition) is 3. The van der Waals surface area contributed by atoms with E-state index in [4.69, 9.17) is 0 Å². The lowest BCUT2D eigenvalue weighted by Crippen LogP contribution is -2.39. The van der Waals surface area contributed by atoms with E-state index in [0.717, 1.165) is 12.5 Å². The summed E-state index contributed by atoms with van der Waals surface area (Å²) in [4.78, 5) is 14.1. The van der Waals surface area contributed by atoms with E-state index >= 15 is 0 Å². The van der Waals surface area contributed by atoms with Crippen molar-refractivity contribution >= 4 is 5.91 Å². The van der Waals surface area contributed by atoms with E-state index in [9.17, 15) is 4.79 Å². The Balaban J connectivity index is 1.48. The summed E-state index contributed by atoms with van der Waals surface area (Å²) >= 11 is 0. The minimum Gasteiger partial charge on any atom is -0.352 e. The Kier molecular flexibility index (Phi) is 6.11. The van der Waals surface area contributed by atoms with Crippen molar-refractivity contribution in [1.29, 1.82) is 0 Å². The SMILES string of the molecule is CN1CCC(CCNCC(=O)NC2CCCC2)CC1. The highest BCUT2D eigenvalue weighted by Gasteiger charge is 2.18. The first-order valence-corrected chi connectivity index (χ1v) is 7.92. The first-order chi connectivity index (χ1) is 9.24. The lowest BCUT2D eigenvalue weighted by Gasteiger charge is -2.28. The molecule has 19 heavy (non-hydrogen) atoms. The van der Waals surface area contributed by atoms with Crippen molar-refractivity contribution in [1.82, 2.24) is 15.5 Å². The largest absolute Gasteiger partial charge is 0.352 e. The zero-order valence-corrected chi connectivity index (χ0v) is 12.3. The van der Waals surface area contributed by atoms with Crippen molar-refractivity contribution in [2.75, 3.05) is 33.2 Å². The Hall–Kier alpha value is -0.610. The zero-order chi connectivity index (χ0) is 13.5. The minimum atomic E-state index is 0.176. The van der Waals surface area contributed by atoms with Gasteiger partial charge in [-0.1, -0.05) is 12.8 Å². The van der Waals surface area contributed by atoms with Gasteiger partial charge in [0.2, 0.25) is 5.91 Å². The third kappa shape index (κ3) is 5.49. The molecule has 0 aromatic heterocycles. The van der Waals surface area contributed by atoms with Crippen LogP contribution in [0.3, 0.4) is 0 Å². The summed E-state index contributed by atoms with van der Waals surface area (Å²) in [6.45, 7) is 3.93. The average Bonchev–Trinajstić information content (AvgIpc) is 2.89. The second-order valence-electron chi connectivity index (χ2n) is 6.26. The van der Waals surface area contributed by atoms with Gasteiger partial charge in [-0.3, -0.25) is 4.79 Å². The van der Waals surface area contributed by atoms with Crippen LogP contribution in [-0.4, -0.2) is 50.1 Å². The van der Waals surface area contributed by atoms with Crippen LogP contribution in [-0.2, 0) is 4.79 Å². The molecular weight excluding hydrogens is 238 g/mol. The van der Waals surface area contributed by atoms with E-state index in [-0.39, 0.29) is 5.91 Å². The first-order valence-electron chi connectivity index (χ1n) is 7.92. The molecule has 2 N–H and O–H groups in total. The van der Waals surface area contributed by atoms with Crippen molar-refractivity contribution in [3.8, 4) is 0 Å². The van der Waals surface area contributed by atoms with E-state index in [1.807, 2.05) is 0 Å². The van der Waals surface area contributed by atoms with Crippen LogP contribution < -0.4 is 10.6 Å². The molecule has 2 fully saturated rings. The molecule has 0 radical (unpaired) electrons. The number of rotatable bonds is 6. The van der Waals surface area contributed by atoms with Gasteiger partial charge >= 0.3 is 0 Å². The van der Waals surface area contributed by atoms with Gasteiger partial charge in [0.1, 0.15) is 0 Å². The molecule has 1 aliphatic heterocycles. The molecule has 0 unspecified atom stereocenters. The Morgan fingerprint density at radius 2 is 1.84 bits per heavy atom. The fourth-order valence-corrected chi connectivity index (χ4v) is 3.21. The maximum Gasteiger partial charge on any atom is 0.234 e. The van der Waals surface area contributed by atoms with E-state index in [1.165, 1.54) is 58.0 Å². The van der Waals surface area contributed by atoms with Gasteiger partial charge < -0.3 is 15.5 Å². The number of likely N-dealkylation sites (tertiary alicyclic amines) is 1. The number of nitrogens with one attached hydrogen (secondary N) is 2. The number of nitrogens with zero attached hydrogens (tertiary/aromatic N) is 1. The summed E-state index contributed by atoms with van der Waals surface area (Å²) in [5.41, 5.74) is 0. The number of amides is 1. The maximum absolute atomic E-state index is 11.7. The van der Waals surface area contributed by atoms with Gasteiger partial charge in [0.05, 0.1) is 6.54 Å². The van der Waals surface area contributed by atoms with Crippen LogP contribution in [0.1, 0.15) is 44.9 Å². The Morgan fingerprint density at radius 1 is 1.16 bits per heavy atom. The normalized spacial score (nSPS) is 22.8. The van der Waals surface area contributed by atoms with Crippen molar-refractivity contribution in [2.45, 2.75) is 51.0 Å². The van der Waals surface area contributed by atoms with Crippen LogP contribution in [0.4, 0.5) is 0 Å². The lowest BCUT2D eigenvalue weighted by molar-refractivity contribution is -0.120. The highest BCUT2D eigenvalue weighted by atomic mass is 16.1. The Bertz CT molecular complexity index is 269. The zero-order valence-electron chi connectivity index (χ0n) is 12.3. The van der Waals surface area contributed by atoms with Crippen LogP contribution in [0, 0.1) is 5.92 Å². The second kappa shape index (κ2) is 7.85. The maximum atomic E-state index is 11.7. The topological polar surface area (TPSA) is 44.4 Å². The fraction of sp³-hybridized carbons (Fsp3) is 0.933. The van der Waals surface area contributed by atoms with Crippen LogP contribution in [0.2, 0.25) is 0 Å². The monoisotopic (exact) mass is 267 g/mol. The Morgan fingerprint density at radius 3 is 2.53 bits per heavy atom. The standard InChI is InChI=1S/C15H29N3O/c1-18-10-7-13(8-11-18)6-9-16-12-15(19)17-14-4-2-3-5-14/h13-14,16H,2-12H2,1H3,(H,17,19). The molecule has 1 saturated heterocycles. The van der Waals surface area contributed by atoms with Gasteiger partial charge in [-0.2, -0.15) is 0 Å². The van der Waals surface area contributed by atoms with Crippen molar-refractivity contribution in [3.63, 3.8) is 0 Å². The number of hydrogen-bond donors (Lipinski definition) is 2. The first kappa shape index (κ1) is 14.8. The summed E-state index contributed by atoms with van der Waals surface area (Å²) in [7, 11) is 2.20. The van der Waals surface area contributed by atoms with Gasteiger partial charge in [0.15, 0.2) is 0 Å². The van der Waals surface area contributed by atoms with Crippen LogP contribution in [0.5, 0.6) is 0 Å². The molecule has 1 aliphatic carbocycles. The molecule has 1 amide bonds. The summed E-state index contributed by atoms with van der Waals surface area (Å²) in [6, 6.07) is 0.447. The molecule has 2 rings (SSSR count). The van der Waals surface area contributed by atoms with Crippen LogP contribution >= 0.6 is 0 Å². The van der Waals surface area contributed by atoms with Gasteiger partial charge in [0.25, 0.3) is 0 Å². The molecule has 1 heterocycles. The predicted molar refractivity (Wildman–Crippen MR) is 78.1 cm³/mol. The minimum absolute atomic E-state index is 0.176. The van der Waals surface area contributed by atoms with E-state index in [1.54, 1.807) is 0 Å². The molecule has 0 spiro atoms. The molecule has 1 saturated carbocycles. The van der Waals surface area contributed by atoms with Gasteiger partial charge in [0, 0.05) is 6.04 Å². The summed E-state index contributed by atoms with van der Waals surface area (Å²) in [5, 5.41) is 6.41. The van der Waals surface area contributed by atoms with E-state index in [2.05, 4.69) is 22.6 Å². The second-order valence-corrected chi connectivity index (χ2v) is 6.26. The highest BCUT2D eigenvalue weighted by Crippen LogP contribution is 2.19. The molecular formula is C15H29N3O. The van der Waals surface area contributed by atoms with Crippen molar-refractivity contribution < 1.29 is 4.79 Å². The molecule has 4 heteroatoms. The molecule has 4 nitrogen and oxygen atoms in total. The van der Waals surface area contributed by atoms with Gasteiger partial charge in [-0.15, -0.1) is 0 Å². The third-order valence-electron chi connectivity index (χ3n) is 4.57. The predicted octanol–water partition coefficient (Wildman–Crippen LogP) is 1.37. The molecule has 0 bridgehead atoms. The summed E-state index contributed by atoms with van der Waals surface area (Å²) in [6.07, 6.45) is 8.72. The van der Waals surface area contributed by atoms with Crippen LogP contribution in [0.25, 0.3) is 0 Å². The number of carbonyl (C=O) groups is 1. The third-order valence-corrected chi connectivity index (χ3v) is 4.57. The smallest absolute Gasteiger partial charge is 0.234 e. The molecule has 0 atom stereocenters. The van der Waals surface area contributed by atoms with E-state index in [0.29, 0.717) is 12.6 Å². The highest BCUT2D eigenvalue weighted by molar-refractivity contribution is 5.78. The number of carbonyl (C=O) groups excluding carboxylic acids is 1. The summed E-state index contributed by atoms with van der Waals surface area (Å²) in [5.74, 6) is 1.02. The van der Waals surface area contributed by atoms with Crippen molar-refractivity contribution in [2.24, 2.45) is 5.92 Å². The van der Waals surface area contributed by atoms with Gasteiger partial charge in [-0.05, 0) is 64.7 Å². The number of piperidine rings is 1. The van der Waals surface area contributed by atoms with Gasteiger partial charge in [-0.25, -0.2) is 0 Å². The molecule has 0 aromatic carbocycles.